The Labute approximate surface area is 205 Å². The van der Waals surface area contributed by atoms with Crippen LogP contribution in [0.1, 0.15) is 103 Å². The molecule has 1 aliphatic rings. The zero-order valence-corrected chi connectivity index (χ0v) is 23.3. The predicted octanol–water partition coefficient (Wildman–Crippen LogP) is 8.22. The summed E-state index contributed by atoms with van der Waals surface area (Å²) in [6.45, 7) is 2.95. The molecule has 1 rings (SSSR count). The number of nitrogens with zero attached hydrogens (tertiary/aromatic N) is 1. The topological polar surface area (TPSA) is 44.8 Å². The summed E-state index contributed by atoms with van der Waals surface area (Å²) in [5.74, 6) is 0. The molecule has 0 aromatic carbocycles. The molecular weight excluding hydrogens is 433 g/mol. The second-order valence-corrected chi connectivity index (χ2v) is 12.2. The van der Waals surface area contributed by atoms with Gasteiger partial charge in [-0.3, -0.25) is 13.6 Å². The maximum Gasteiger partial charge on any atom is 0.474 e. The van der Waals surface area contributed by atoms with E-state index in [2.05, 4.69) is 46.3 Å². The Morgan fingerprint density at radius 3 is 1.79 bits per heavy atom. The molecule has 33 heavy (non-hydrogen) atoms. The Balaban J connectivity index is 2.02. The number of hydrogen-bond acceptors (Lipinski definition) is 4. The van der Waals surface area contributed by atoms with Crippen molar-refractivity contribution in [3.63, 3.8) is 0 Å². The minimum Gasteiger partial charge on any atom is -0.325 e. The number of hydrogen-bond donors (Lipinski definition) is 0. The second kappa shape index (κ2) is 17.9. The van der Waals surface area contributed by atoms with E-state index in [9.17, 15) is 4.57 Å². The molecule has 2 atom stereocenters. The lowest BCUT2D eigenvalue weighted by molar-refractivity contribution is -0.888. The van der Waals surface area contributed by atoms with Crippen LogP contribution in [0.15, 0.2) is 23.8 Å². The number of unbranched alkanes of at least 4 members (excludes halogenated alkanes) is 13. The normalized spacial score (nSPS) is 18.3. The second-order valence-electron chi connectivity index (χ2n) is 10.4. The first-order valence-electron chi connectivity index (χ1n) is 13.4. The first-order valence-corrected chi connectivity index (χ1v) is 14.9. The Morgan fingerprint density at radius 1 is 0.848 bits per heavy atom. The lowest BCUT2D eigenvalue weighted by Crippen LogP contribution is -2.44. The predicted molar refractivity (Wildman–Crippen MR) is 140 cm³/mol. The summed E-state index contributed by atoms with van der Waals surface area (Å²) in [5, 5.41) is 0. The van der Waals surface area contributed by atoms with Gasteiger partial charge >= 0.3 is 7.82 Å². The molecule has 5 nitrogen and oxygen atoms in total. The number of rotatable bonds is 21. The van der Waals surface area contributed by atoms with Gasteiger partial charge in [0.25, 0.3) is 0 Å². The average molecular weight is 487 g/mol. The van der Waals surface area contributed by atoms with Crippen LogP contribution in [0.3, 0.4) is 0 Å². The molecule has 0 saturated heterocycles. The van der Waals surface area contributed by atoms with E-state index >= 15 is 0 Å². The van der Waals surface area contributed by atoms with Crippen molar-refractivity contribution >= 4 is 7.82 Å². The van der Waals surface area contributed by atoms with Crippen molar-refractivity contribution in [2.24, 2.45) is 0 Å². The van der Waals surface area contributed by atoms with Crippen LogP contribution in [-0.2, 0) is 18.1 Å². The standard InChI is InChI=1S/C27H53NO4P/c1-6-7-8-9-10-11-12-13-14-15-16-17-18-19-24-31-33(29,30-5)32-25-26-20-22-27(23-21-26)28(2,3)4/h20-22,27H,6-19,23-25H2,1-5H3/q+1. The SMILES string of the molecule is CCCCCCCCCCCCCCCCOP(=O)(OC)OCC1=CCC([N+](C)(C)C)C=C1. The molecule has 0 aromatic heterocycles. The van der Waals surface area contributed by atoms with Crippen LogP contribution in [0, 0.1) is 0 Å². The van der Waals surface area contributed by atoms with E-state index in [1.807, 2.05) is 0 Å². The van der Waals surface area contributed by atoms with Gasteiger partial charge in [-0.05, 0) is 18.1 Å². The van der Waals surface area contributed by atoms with Gasteiger partial charge in [-0.25, -0.2) is 4.57 Å². The van der Waals surface area contributed by atoms with Gasteiger partial charge in [-0.15, -0.1) is 0 Å². The molecule has 0 radical (unpaired) electrons. The van der Waals surface area contributed by atoms with E-state index in [1.54, 1.807) is 0 Å². The highest BCUT2D eigenvalue weighted by Crippen LogP contribution is 2.49. The zero-order valence-electron chi connectivity index (χ0n) is 22.4. The molecule has 6 heteroatoms. The molecule has 0 amide bonds. The maximum atomic E-state index is 12.7. The summed E-state index contributed by atoms with van der Waals surface area (Å²) in [6.07, 6.45) is 25.7. The van der Waals surface area contributed by atoms with Crippen LogP contribution in [0.4, 0.5) is 0 Å². The number of phosphoric acid groups is 1. The van der Waals surface area contributed by atoms with Crippen LogP contribution < -0.4 is 0 Å². The highest BCUT2D eigenvalue weighted by atomic mass is 31.2. The molecule has 2 unspecified atom stereocenters. The van der Waals surface area contributed by atoms with E-state index in [-0.39, 0.29) is 6.61 Å². The van der Waals surface area contributed by atoms with Gasteiger partial charge in [-0.2, -0.15) is 0 Å². The number of phosphoric ester groups is 1. The van der Waals surface area contributed by atoms with Gasteiger partial charge in [0.1, 0.15) is 6.04 Å². The molecule has 0 aromatic rings. The molecule has 194 valence electrons. The summed E-state index contributed by atoms with van der Waals surface area (Å²) in [6, 6.07) is 0.458. The van der Waals surface area contributed by atoms with E-state index in [0.29, 0.717) is 12.6 Å². The van der Waals surface area contributed by atoms with Crippen molar-refractivity contribution in [3.05, 3.63) is 23.8 Å². The highest BCUT2D eigenvalue weighted by Gasteiger charge is 2.26. The first kappa shape index (κ1) is 30.6. The van der Waals surface area contributed by atoms with Gasteiger partial charge in [-0.1, -0.05) is 103 Å². The quantitative estimate of drug-likeness (QED) is 0.0931. The van der Waals surface area contributed by atoms with Crippen LogP contribution in [0.25, 0.3) is 0 Å². The lowest BCUT2D eigenvalue weighted by Gasteiger charge is -2.33. The first-order chi connectivity index (χ1) is 15.8. The largest absolute Gasteiger partial charge is 0.474 e. The van der Waals surface area contributed by atoms with Gasteiger partial charge in [0.05, 0.1) is 34.4 Å². The van der Waals surface area contributed by atoms with E-state index in [4.69, 9.17) is 13.6 Å². The molecular formula is C27H53NO4P+. The number of quaternary nitrogens is 1. The molecule has 0 fully saturated rings. The molecule has 0 spiro atoms. The average Bonchev–Trinajstić information content (AvgIpc) is 2.80. The van der Waals surface area contributed by atoms with Crippen molar-refractivity contribution in [3.8, 4) is 0 Å². The molecule has 0 aliphatic heterocycles. The van der Waals surface area contributed by atoms with Crippen molar-refractivity contribution in [2.75, 3.05) is 41.5 Å². The Bertz CT molecular complexity index is 597. The molecule has 0 heterocycles. The smallest absolute Gasteiger partial charge is 0.325 e. The minimum atomic E-state index is -3.48. The Morgan fingerprint density at radius 2 is 1.36 bits per heavy atom. The van der Waals surface area contributed by atoms with Crippen LogP contribution in [0.2, 0.25) is 0 Å². The van der Waals surface area contributed by atoms with E-state index < -0.39 is 7.82 Å². The van der Waals surface area contributed by atoms with Gasteiger partial charge < -0.3 is 4.48 Å². The van der Waals surface area contributed by atoms with E-state index in [1.165, 1.54) is 84.2 Å². The summed E-state index contributed by atoms with van der Waals surface area (Å²) >= 11 is 0. The van der Waals surface area contributed by atoms with Crippen LogP contribution >= 0.6 is 7.82 Å². The lowest BCUT2D eigenvalue weighted by atomic mass is 10.0. The summed E-state index contributed by atoms with van der Waals surface area (Å²) in [7, 11) is 4.48. The fourth-order valence-corrected chi connectivity index (χ4v) is 5.05. The fourth-order valence-electron chi connectivity index (χ4n) is 4.10. The Kier molecular flexibility index (Phi) is 16.6. The van der Waals surface area contributed by atoms with Gasteiger partial charge in [0, 0.05) is 13.5 Å². The third-order valence-electron chi connectivity index (χ3n) is 6.51. The highest BCUT2D eigenvalue weighted by molar-refractivity contribution is 7.48. The van der Waals surface area contributed by atoms with E-state index in [0.717, 1.165) is 29.3 Å². The van der Waals surface area contributed by atoms with Crippen molar-refractivity contribution in [1.82, 2.24) is 0 Å². The Hall–Kier alpha value is -0.450. The zero-order chi connectivity index (χ0) is 24.4. The van der Waals surface area contributed by atoms with Crippen molar-refractivity contribution in [1.29, 1.82) is 0 Å². The van der Waals surface area contributed by atoms with Crippen LogP contribution in [0.5, 0.6) is 0 Å². The fraction of sp³-hybridized carbons (Fsp3) is 0.852. The summed E-state index contributed by atoms with van der Waals surface area (Å²) in [4.78, 5) is 0. The van der Waals surface area contributed by atoms with Crippen LogP contribution in [-0.4, -0.2) is 52.0 Å². The van der Waals surface area contributed by atoms with Crippen molar-refractivity contribution < 1.29 is 22.6 Å². The van der Waals surface area contributed by atoms with Gasteiger partial charge in [0.15, 0.2) is 0 Å². The number of likely N-dealkylation sites (N-methyl/N-ethyl adjacent to an activating group) is 1. The third kappa shape index (κ3) is 15.2. The molecule has 0 saturated carbocycles. The third-order valence-corrected chi connectivity index (χ3v) is 7.90. The molecule has 0 N–H and O–H groups in total. The molecule has 0 bridgehead atoms. The van der Waals surface area contributed by atoms with Gasteiger partial charge in [0.2, 0.25) is 0 Å². The summed E-state index contributed by atoms with van der Waals surface area (Å²) in [5.41, 5.74) is 1.03. The monoisotopic (exact) mass is 486 g/mol. The maximum absolute atomic E-state index is 12.7. The molecule has 1 aliphatic carbocycles. The van der Waals surface area contributed by atoms with Crippen molar-refractivity contribution in [2.45, 2.75) is 109 Å². The summed E-state index contributed by atoms with van der Waals surface area (Å²) < 4.78 is 29.7. The minimum absolute atomic E-state index is 0.254.